The normalized spacial score (nSPS) is 12.9. The van der Waals surface area contributed by atoms with Gasteiger partial charge in [0.1, 0.15) is 0 Å². The lowest BCUT2D eigenvalue weighted by Crippen LogP contribution is -2.32. The summed E-state index contributed by atoms with van der Waals surface area (Å²) in [6, 6.07) is 0. The zero-order chi connectivity index (χ0) is 38.4. The highest BCUT2D eigenvalue weighted by molar-refractivity contribution is 5.74. The van der Waals surface area contributed by atoms with E-state index in [1.54, 1.807) is 0 Å². The molecular weight excluding hydrogens is 647 g/mol. The Hall–Kier alpha value is -1.14. The lowest BCUT2D eigenvalue weighted by molar-refractivity contribution is -0.151. The van der Waals surface area contributed by atoms with Crippen LogP contribution in [0.25, 0.3) is 0 Å². The Bertz CT molecular complexity index is 764. The van der Waals surface area contributed by atoms with Gasteiger partial charge in [0, 0.05) is 13.0 Å². The smallest absolute Gasteiger partial charge is 0.309 e. The topological polar surface area (TPSA) is 87.1 Å². The molecule has 6 heteroatoms. The van der Waals surface area contributed by atoms with Crippen LogP contribution >= 0.6 is 0 Å². The van der Waals surface area contributed by atoms with E-state index in [1.807, 2.05) is 0 Å². The summed E-state index contributed by atoms with van der Waals surface area (Å²) in [7, 11) is 0. The molecule has 0 fully saturated rings. The van der Waals surface area contributed by atoms with Crippen LogP contribution in [0, 0.1) is 11.3 Å². The molecule has 0 amide bonds. The number of esters is 1. The van der Waals surface area contributed by atoms with E-state index in [4.69, 9.17) is 4.74 Å². The average Bonchev–Trinajstić information content (AvgIpc) is 3.13. The van der Waals surface area contributed by atoms with Gasteiger partial charge in [-0.15, -0.1) is 0 Å². The van der Waals surface area contributed by atoms with Crippen molar-refractivity contribution in [2.75, 3.05) is 32.8 Å². The first-order chi connectivity index (χ1) is 25.4. The Morgan fingerprint density at radius 3 is 1.42 bits per heavy atom. The Labute approximate surface area is 324 Å². The Morgan fingerprint density at radius 1 is 0.519 bits per heavy atom. The molecule has 0 aliphatic carbocycles. The molecule has 2 N–H and O–H groups in total. The van der Waals surface area contributed by atoms with Gasteiger partial charge >= 0.3 is 11.9 Å². The number of aliphatic carboxylic acids is 1. The monoisotopic (exact) mass is 738 g/mol. The van der Waals surface area contributed by atoms with E-state index >= 15 is 0 Å². The molecule has 52 heavy (non-hydrogen) atoms. The van der Waals surface area contributed by atoms with Crippen molar-refractivity contribution in [3.8, 4) is 0 Å². The first-order valence-electron chi connectivity index (χ1n) is 23.1. The van der Waals surface area contributed by atoms with E-state index in [-0.39, 0.29) is 12.6 Å². The number of carbonyl (C=O) groups is 2. The molecule has 0 heterocycles. The summed E-state index contributed by atoms with van der Waals surface area (Å²) in [6.45, 7) is 12.2. The van der Waals surface area contributed by atoms with Gasteiger partial charge < -0.3 is 19.8 Å². The lowest BCUT2D eigenvalue weighted by atomic mass is 9.74. The molecule has 0 rings (SSSR count). The Morgan fingerprint density at radius 2 is 0.923 bits per heavy atom. The number of carboxylic acids is 1. The van der Waals surface area contributed by atoms with Gasteiger partial charge in [-0.2, -0.15) is 0 Å². The molecule has 0 aliphatic rings. The molecule has 0 spiro atoms. The molecule has 1 atom stereocenters. The molecule has 0 saturated heterocycles. The van der Waals surface area contributed by atoms with Gasteiger partial charge in [-0.1, -0.05) is 182 Å². The molecular formula is C46H91NO5. The summed E-state index contributed by atoms with van der Waals surface area (Å²) in [5.41, 5.74) is -0.587. The highest BCUT2D eigenvalue weighted by Crippen LogP contribution is 2.38. The standard InChI is InChI=1S/C46H91NO5/c1-5-9-13-17-18-19-20-26-36-46(45(50)51,35-25-16-12-8-4)37-27-29-39-47(40-41-48)38-28-21-24-34-44(49)52-42-30-33-43(31-22-14-10-6-2)32-23-15-11-7-3/h43,48H,5-42H2,1-4H3,(H,50,51). The van der Waals surface area contributed by atoms with Crippen LogP contribution in [0.3, 0.4) is 0 Å². The number of hydrogen-bond donors (Lipinski definition) is 2. The highest BCUT2D eigenvalue weighted by Gasteiger charge is 2.36. The summed E-state index contributed by atoms with van der Waals surface area (Å²) in [5.74, 6) is 0.139. The fraction of sp³-hybridized carbons (Fsp3) is 0.957. The minimum atomic E-state index is -0.587. The molecule has 0 aliphatic heterocycles. The van der Waals surface area contributed by atoms with Crippen molar-refractivity contribution in [1.29, 1.82) is 0 Å². The minimum absolute atomic E-state index is 0.0572. The fourth-order valence-electron chi connectivity index (χ4n) is 8.02. The van der Waals surface area contributed by atoms with Crippen molar-refractivity contribution in [2.45, 2.75) is 240 Å². The van der Waals surface area contributed by atoms with Gasteiger partial charge in [0.05, 0.1) is 18.6 Å². The highest BCUT2D eigenvalue weighted by atomic mass is 16.5. The maximum absolute atomic E-state index is 12.7. The first kappa shape index (κ1) is 50.9. The summed E-state index contributed by atoms with van der Waals surface area (Å²) < 4.78 is 5.62. The van der Waals surface area contributed by atoms with Crippen LogP contribution in [-0.2, 0) is 14.3 Å². The number of ether oxygens (including phenoxy) is 1. The maximum Gasteiger partial charge on any atom is 0.309 e. The van der Waals surface area contributed by atoms with Gasteiger partial charge in [0.2, 0.25) is 0 Å². The molecule has 310 valence electrons. The van der Waals surface area contributed by atoms with E-state index < -0.39 is 11.4 Å². The van der Waals surface area contributed by atoms with Gasteiger partial charge in [-0.3, -0.25) is 9.59 Å². The molecule has 1 unspecified atom stereocenters. The minimum Gasteiger partial charge on any atom is -0.481 e. The van der Waals surface area contributed by atoms with Crippen LogP contribution in [0.1, 0.15) is 240 Å². The van der Waals surface area contributed by atoms with Crippen LogP contribution in [0.15, 0.2) is 0 Å². The van der Waals surface area contributed by atoms with Crippen LogP contribution in [-0.4, -0.2) is 59.9 Å². The molecule has 0 radical (unpaired) electrons. The number of carbonyl (C=O) groups excluding carboxylic acids is 1. The second-order valence-corrected chi connectivity index (χ2v) is 16.4. The number of unbranched alkanes of at least 4 members (excludes halogenated alkanes) is 19. The molecule has 0 aromatic heterocycles. The third kappa shape index (κ3) is 30.2. The lowest BCUT2D eigenvalue weighted by Gasteiger charge is -2.30. The van der Waals surface area contributed by atoms with Crippen molar-refractivity contribution in [1.82, 2.24) is 4.90 Å². The predicted molar refractivity (Wildman–Crippen MR) is 223 cm³/mol. The fourth-order valence-corrected chi connectivity index (χ4v) is 8.02. The zero-order valence-corrected chi connectivity index (χ0v) is 35.5. The van der Waals surface area contributed by atoms with Gasteiger partial charge in [0.25, 0.3) is 0 Å². The van der Waals surface area contributed by atoms with E-state index in [0.29, 0.717) is 19.6 Å². The predicted octanol–water partition coefficient (Wildman–Crippen LogP) is 13.5. The Kier molecular flexibility index (Phi) is 37.3. The number of rotatable bonds is 42. The molecule has 0 saturated carbocycles. The van der Waals surface area contributed by atoms with Crippen molar-refractivity contribution in [3.05, 3.63) is 0 Å². The van der Waals surface area contributed by atoms with Crippen LogP contribution in [0.2, 0.25) is 0 Å². The number of aliphatic hydroxyl groups excluding tert-OH is 1. The number of carboxylic acid groups (broad SMARTS) is 1. The largest absolute Gasteiger partial charge is 0.481 e. The number of hydrogen-bond acceptors (Lipinski definition) is 5. The summed E-state index contributed by atoms with van der Waals surface area (Å²) in [4.78, 5) is 27.5. The molecule has 0 aromatic carbocycles. The van der Waals surface area contributed by atoms with Gasteiger partial charge in [0.15, 0.2) is 0 Å². The van der Waals surface area contributed by atoms with Crippen LogP contribution in [0.5, 0.6) is 0 Å². The van der Waals surface area contributed by atoms with E-state index in [2.05, 4.69) is 32.6 Å². The van der Waals surface area contributed by atoms with Crippen LogP contribution < -0.4 is 0 Å². The molecule has 0 aromatic rings. The molecule has 6 nitrogen and oxygen atoms in total. The number of aliphatic hydroxyl groups is 1. The Balaban J connectivity index is 4.50. The SMILES string of the molecule is CCCCCCCCCCC(CCCCCC)(CCCCN(CCO)CCCCCC(=O)OCCCC(CCCCCC)CCCCCC)C(=O)O. The zero-order valence-electron chi connectivity index (χ0n) is 35.5. The first-order valence-corrected chi connectivity index (χ1v) is 23.1. The van der Waals surface area contributed by atoms with Crippen molar-refractivity contribution in [2.24, 2.45) is 11.3 Å². The van der Waals surface area contributed by atoms with Gasteiger partial charge in [-0.25, -0.2) is 0 Å². The summed E-state index contributed by atoms with van der Waals surface area (Å²) >= 11 is 0. The third-order valence-electron chi connectivity index (χ3n) is 11.6. The summed E-state index contributed by atoms with van der Waals surface area (Å²) in [6.07, 6.45) is 37.4. The van der Waals surface area contributed by atoms with E-state index in [9.17, 15) is 19.8 Å². The van der Waals surface area contributed by atoms with Crippen molar-refractivity contribution in [3.63, 3.8) is 0 Å². The van der Waals surface area contributed by atoms with E-state index in [1.165, 1.54) is 122 Å². The van der Waals surface area contributed by atoms with Gasteiger partial charge in [-0.05, 0) is 70.4 Å². The van der Waals surface area contributed by atoms with Crippen molar-refractivity contribution >= 4 is 11.9 Å². The number of nitrogens with zero attached hydrogens (tertiary/aromatic N) is 1. The van der Waals surface area contributed by atoms with Crippen LogP contribution in [0.4, 0.5) is 0 Å². The maximum atomic E-state index is 12.7. The third-order valence-corrected chi connectivity index (χ3v) is 11.6. The second-order valence-electron chi connectivity index (χ2n) is 16.4. The quantitative estimate of drug-likeness (QED) is 0.0479. The average molecular weight is 738 g/mol. The summed E-state index contributed by atoms with van der Waals surface area (Å²) in [5, 5.41) is 20.2. The molecule has 0 bridgehead atoms. The second kappa shape index (κ2) is 38.1. The van der Waals surface area contributed by atoms with E-state index in [0.717, 1.165) is 102 Å². The van der Waals surface area contributed by atoms with Crippen molar-refractivity contribution < 1.29 is 24.5 Å².